The highest BCUT2D eigenvalue weighted by molar-refractivity contribution is 5.93. The van der Waals surface area contributed by atoms with Crippen LogP contribution in [0.3, 0.4) is 0 Å². The SMILES string of the molecule is CCN(CCCO)CCCC(=O)Nc1ccccc1N. The third-order valence-electron chi connectivity index (χ3n) is 3.19. The molecule has 0 saturated carbocycles. The van der Waals surface area contributed by atoms with E-state index in [0.29, 0.717) is 17.8 Å². The zero-order valence-electron chi connectivity index (χ0n) is 12.1. The number of anilines is 2. The van der Waals surface area contributed by atoms with E-state index in [4.69, 9.17) is 10.8 Å². The Kier molecular flexibility index (Phi) is 7.69. The number of para-hydroxylation sites is 2. The van der Waals surface area contributed by atoms with Crippen molar-refractivity contribution in [1.29, 1.82) is 0 Å². The van der Waals surface area contributed by atoms with Gasteiger partial charge in [-0.1, -0.05) is 19.1 Å². The van der Waals surface area contributed by atoms with Gasteiger partial charge in [-0.25, -0.2) is 0 Å². The van der Waals surface area contributed by atoms with Crippen LogP contribution in [0.1, 0.15) is 26.2 Å². The third kappa shape index (κ3) is 6.04. The van der Waals surface area contributed by atoms with Crippen molar-refractivity contribution >= 4 is 17.3 Å². The summed E-state index contributed by atoms with van der Waals surface area (Å²) < 4.78 is 0. The van der Waals surface area contributed by atoms with Crippen molar-refractivity contribution in [2.75, 3.05) is 37.3 Å². The van der Waals surface area contributed by atoms with Crippen LogP contribution < -0.4 is 11.1 Å². The van der Waals surface area contributed by atoms with Crippen molar-refractivity contribution in [1.82, 2.24) is 4.90 Å². The van der Waals surface area contributed by atoms with Gasteiger partial charge in [0, 0.05) is 19.6 Å². The molecule has 0 aromatic heterocycles. The summed E-state index contributed by atoms with van der Waals surface area (Å²) in [5.41, 5.74) is 7.03. The number of carbonyl (C=O) groups excluding carboxylic acids is 1. The molecule has 0 aliphatic heterocycles. The van der Waals surface area contributed by atoms with Gasteiger partial charge in [0.2, 0.25) is 5.91 Å². The summed E-state index contributed by atoms with van der Waals surface area (Å²) in [5, 5.41) is 11.6. The topological polar surface area (TPSA) is 78.6 Å². The summed E-state index contributed by atoms with van der Waals surface area (Å²) in [4.78, 5) is 14.1. The van der Waals surface area contributed by atoms with Gasteiger partial charge in [-0.15, -0.1) is 0 Å². The Bertz CT molecular complexity index is 410. The van der Waals surface area contributed by atoms with Crippen LogP contribution in [-0.2, 0) is 4.79 Å². The summed E-state index contributed by atoms with van der Waals surface area (Å²) in [6.45, 7) is 4.98. The summed E-state index contributed by atoms with van der Waals surface area (Å²) >= 11 is 0. The van der Waals surface area contributed by atoms with Gasteiger partial charge in [-0.2, -0.15) is 0 Å². The number of benzene rings is 1. The smallest absolute Gasteiger partial charge is 0.224 e. The molecule has 0 heterocycles. The van der Waals surface area contributed by atoms with Gasteiger partial charge in [0.1, 0.15) is 0 Å². The van der Waals surface area contributed by atoms with Gasteiger partial charge in [-0.05, 0) is 38.1 Å². The summed E-state index contributed by atoms with van der Waals surface area (Å²) in [5.74, 6) is -0.0129. The van der Waals surface area contributed by atoms with Crippen molar-refractivity contribution in [2.45, 2.75) is 26.2 Å². The number of aliphatic hydroxyl groups is 1. The minimum absolute atomic E-state index is 0.0129. The van der Waals surface area contributed by atoms with Gasteiger partial charge in [0.25, 0.3) is 0 Å². The van der Waals surface area contributed by atoms with Crippen LogP contribution in [-0.4, -0.2) is 42.2 Å². The summed E-state index contributed by atoms with van der Waals surface area (Å²) in [7, 11) is 0. The minimum Gasteiger partial charge on any atom is -0.397 e. The maximum atomic E-state index is 11.8. The Morgan fingerprint density at radius 2 is 2.00 bits per heavy atom. The van der Waals surface area contributed by atoms with E-state index in [1.54, 1.807) is 12.1 Å². The molecule has 5 nitrogen and oxygen atoms in total. The number of nitrogen functional groups attached to an aromatic ring is 1. The van der Waals surface area contributed by atoms with Gasteiger partial charge in [0.15, 0.2) is 0 Å². The van der Waals surface area contributed by atoms with Crippen molar-refractivity contribution in [3.63, 3.8) is 0 Å². The van der Waals surface area contributed by atoms with Crippen LogP contribution in [0.15, 0.2) is 24.3 Å². The maximum absolute atomic E-state index is 11.8. The highest BCUT2D eigenvalue weighted by Crippen LogP contribution is 2.16. The van der Waals surface area contributed by atoms with Gasteiger partial charge in [0.05, 0.1) is 11.4 Å². The predicted octanol–water partition coefficient (Wildman–Crippen LogP) is 1.69. The molecule has 0 aliphatic carbocycles. The van der Waals surface area contributed by atoms with Crippen molar-refractivity contribution in [3.8, 4) is 0 Å². The lowest BCUT2D eigenvalue weighted by Gasteiger charge is -2.19. The number of amides is 1. The molecule has 0 bridgehead atoms. The van der Waals surface area contributed by atoms with Crippen LogP contribution >= 0.6 is 0 Å². The number of nitrogens with two attached hydrogens (primary N) is 1. The molecule has 1 aromatic carbocycles. The zero-order chi connectivity index (χ0) is 14.8. The Balaban J connectivity index is 2.28. The molecule has 0 fully saturated rings. The van der Waals surface area contributed by atoms with Gasteiger partial charge >= 0.3 is 0 Å². The van der Waals surface area contributed by atoms with E-state index in [-0.39, 0.29) is 12.5 Å². The lowest BCUT2D eigenvalue weighted by atomic mass is 10.2. The first kappa shape index (κ1) is 16.5. The minimum atomic E-state index is -0.0129. The molecule has 1 aromatic rings. The highest BCUT2D eigenvalue weighted by Gasteiger charge is 2.06. The molecule has 0 atom stereocenters. The molecule has 20 heavy (non-hydrogen) atoms. The largest absolute Gasteiger partial charge is 0.397 e. The normalized spacial score (nSPS) is 10.8. The first-order valence-corrected chi connectivity index (χ1v) is 7.15. The van der Waals surface area contributed by atoms with Crippen molar-refractivity contribution < 1.29 is 9.90 Å². The Labute approximate surface area is 120 Å². The second-order valence-corrected chi connectivity index (χ2v) is 4.75. The zero-order valence-corrected chi connectivity index (χ0v) is 12.1. The van der Waals surface area contributed by atoms with E-state index in [1.165, 1.54) is 0 Å². The fraction of sp³-hybridized carbons (Fsp3) is 0.533. The quantitative estimate of drug-likeness (QED) is 0.601. The number of rotatable bonds is 9. The number of nitrogens with one attached hydrogen (secondary N) is 1. The van der Waals surface area contributed by atoms with E-state index < -0.39 is 0 Å². The predicted molar refractivity (Wildman–Crippen MR) is 82.5 cm³/mol. The van der Waals surface area contributed by atoms with E-state index in [0.717, 1.165) is 32.5 Å². The first-order valence-electron chi connectivity index (χ1n) is 7.15. The number of hydrogen-bond donors (Lipinski definition) is 3. The second-order valence-electron chi connectivity index (χ2n) is 4.75. The fourth-order valence-electron chi connectivity index (χ4n) is 2.01. The Morgan fingerprint density at radius 3 is 2.65 bits per heavy atom. The molecule has 4 N–H and O–H groups in total. The highest BCUT2D eigenvalue weighted by atomic mass is 16.3. The van der Waals surface area contributed by atoms with Gasteiger partial charge < -0.3 is 21.1 Å². The number of aliphatic hydroxyl groups excluding tert-OH is 1. The van der Waals surface area contributed by atoms with Gasteiger partial charge in [-0.3, -0.25) is 4.79 Å². The Morgan fingerprint density at radius 1 is 1.30 bits per heavy atom. The van der Waals surface area contributed by atoms with Crippen molar-refractivity contribution in [2.24, 2.45) is 0 Å². The molecule has 5 heteroatoms. The number of nitrogens with zero attached hydrogens (tertiary/aromatic N) is 1. The standard InChI is InChI=1S/C15H25N3O2/c1-2-18(11-6-12-19)10-5-9-15(20)17-14-8-4-3-7-13(14)16/h3-4,7-8,19H,2,5-6,9-12,16H2,1H3,(H,17,20). The molecule has 0 radical (unpaired) electrons. The monoisotopic (exact) mass is 279 g/mol. The molecular weight excluding hydrogens is 254 g/mol. The Hall–Kier alpha value is -1.59. The molecule has 1 rings (SSSR count). The molecule has 0 saturated heterocycles. The average Bonchev–Trinajstić information content (AvgIpc) is 2.45. The van der Waals surface area contributed by atoms with E-state index >= 15 is 0 Å². The van der Waals surface area contributed by atoms with E-state index in [9.17, 15) is 4.79 Å². The summed E-state index contributed by atoms with van der Waals surface area (Å²) in [6.07, 6.45) is 2.06. The molecule has 0 aliphatic rings. The molecular formula is C15H25N3O2. The fourth-order valence-corrected chi connectivity index (χ4v) is 2.01. The molecule has 0 spiro atoms. The maximum Gasteiger partial charge on any atom is 0.224 e. The van der Waals surface area contributed by atoms with Crippen LogP contribution in [0.4, 0.5) is 11.4 Å². The van der Waals surface area contributed by atoms with Crippen LogP contribution in [0.5, 0.6) is 0 Å². The number of carbonyl (C=O) groups is 1. The lowest BCUT2D eigenvalue weighted by molar-refractivity contribution is -0.116. The van der Waals surface area contributed by atoms with Crippen LogP contribution in [0.25, 0.3) is 0 Å². The van der Waals surface area contributed by atoms with Crippen LogP contribution in [0.2, 0.25) is 0 Å². The van der Waals surface area contributed by atoms with E-state index in [2.05, 4.69) is 17.1 Å². The molecule has 0 unspecified atom stereocenters. The summed E-state index contributed by atoms with van der Waals surface area (Å²) in [6, 6.07) is 7.25. The average molecular weight is 279 g/mol. The van der Waals surface area contributed by atoms with Crippen LogP contribution in [0, 0.1) is 0 Å². The first-order chi connectivity index (χ1) is 9.67. The van der Waals surface area contributed by atoms with E-state index in [1.807, 2.05) is 12.1 Å². The second kappa shape index (κ2) is 9.34. The third-order valence-corrected chi connectivity index (χ3v) is 3.19. The number of hydrogen-bond acceptors (Lipinski definition) is 4. The molecule has 1 amide bonds. The lowest BCUT2D eigenvalue weighted by Crippen LogP contribution is -2.27. The molecule has 112 valence electrons. The van der Waals surface area contributed by atoms with Crippen molar-refractivity contribution in [3.05, 3.63) is 24.3 Å².